The van der Waals surface area contributed by atoms with Crippen LogP contribution >= 0.6 is 28.1 Å². The molecule has 0 aliphatic carbocycles. The Hall–Kier alpha value is -2.70. The minimum Gasteiger partial charge on any atom is -0.489 e. The maximum Gasteiger partial charge on any atom is 0.191 e. The molecule has 0 atom stereocenters. The van der Waals surface area contributed by atoms with Crippen LogP contribution < -0.4 is 15.5 Å². The third-order valence-electron chi connectivity index (χ3n) is 3.59. The molecule has 0 bridgehead atoms. The summed E-state index contributed by atoms with van der Waals surface area (Å²) in [5.41, 5.74) is 5.74. The molecule has 0 aromatic heterocycles. The van der Waals surface area contributed by atoms with Gasteiger partial charge in [0.25, 0.3) is 0 Å². The number of hydrogen-bond acceptors (Lipinski definition) is 3. The summed E-state index contributed by atoms with van der Waals surface area (Å²) in [4.78, 5) is 0. The van der Waals surface area contributed by atoms with E-state index in [-0.39, 0.29) is 0 Å². The van der Waals surface area contributed by atoms with Crippen molar-refractivity contribution in [2.75, 3.05) is 5.32 Å². The maximum atomic E-state index is 5.84. The summed E-state index contributed by atoms with van der Waals surface area (Å²) in [7, 11) is 0. The standard InChI is InChI=1S/C21H18BrN3OS/c22-18-11-9-16(10-12-18)15-26-20-8-4-5-17(13-20)14-23-25-21(27)24-19-6-2-1-3-7-19/h1-14H,15H2,(H2,24,25,27)/b23-14+. The van der Waals surface area contributed by atoms with Crippen LogP contribution in [0.2, 0.25) is 0 Å². The number of nitrogens with zero attached hydrogens (tertiary/aromatic N) is 1. The van der Waals surface area contributed by atoms with Gasteiger partial charge in [-0.25, -0.2) is 0 Å². The van der Waals surface area contributed by atoms with Crippen molar-refractivity contribution >= 4 is 45.2 Å². The number of anilines is 1. The van der Waals surface area contributed by atoms with Crippen LogP contribution in [-0.2, 0) is 6.61 Å². The molecule has 0 saturated heterocycles. The van der Waals surface area contributed by atoms with Crippen molar-refractivity contribution in [2.45, 2.75) is 6.61 Å². The quantitative estimate of drug-likeness (QED) is 0.308. The first-order valence-corrected chi connectivity index (χ1v) is 9.51. The summed E-state index contributed by atoms with van der Waals surface area (Å²) in [6.45, 7) is 0.511. The van der Waals surface area contributed by atoms with E-state index in [0.717, 1.165) is 27.0 Å². The second-order valence-corrected chi connectivity index (χ2v) is 7.00. The molecule has 0 fully saturated rings. The van der Waals surface area contributed by atoms with Crippen LogP contribution in [-0.4, -0.2) is 11.3 Å². The lowest BCUT2D eigenvalue weighted by atomic mass is 10.2. The summed E-state index contributed by atoms with van der Waals surface area (Å²) >= 11 is 8.65. The van der Waals surface area contributed by atoms with Gasteiger partial charge in [-0.15, -0.1) is 0 Å². The SMILES string of the molecule is S=C(N/N=C/c1cccc(OCc2ccc(Br)cc2)c1)Nc1ccccc1. The topological polar surface area (TPSA) is 45.7 Å². The third kappa shape index (κ3) is 6.51. The van der Waals surface area contributed by atoms with Crippen LogP contribution in [0.5, 0.6) is 5.75 Å². The molecule has 6 heteroatoms. The van der Waals surface area contributed by atoms with Gasteiger partial charge in [-0.05, 0) is 59.7 Å². The number of halogens is 1. The Labute approximate surface area is 172 Å². The summed E-state index contributed by atoms with van der Waals surface area (Å²) < 4.78 is 6.90. The van der Waals surface area contributed by atoms with E-state index in [4.69, 9.17) is 17.0 Å². The average molecular weight is 440 g/mol. The predicted octanol–water partition coefficient (Wildman–Crippen LogP) is 5.35. The van der Waals surface area contributed by atoms with E-state index in [2.05, 4.69) is 31.8 Å². The lowest BCUT2D eigenvalue weighted by Crippen LogP contribution is -2.23. The molecule has 0 aliphatic rings. The van der Waals surface area contributed by atoms with Crippen LogP contribution in [0, 0.1) is 0 Å². The van der Waals surface area contributed by atoms with E-state index in [0.29, 0.717) is 11.7 Å². The summed E-state index contributed by atoms with van der Waals surface area (Å²) in [6.07, 6.45) is 1.70. The number of rotatable bonds is 6. The zero-order valence-corrected chi connectivity index (χ0v) is 16.8. The number of para-hydroxylation sites is 1. The fourth-order valence-corrected chi connectivity index (χ4v) is 2.71. The van der Waals surface area contributed by atoms with Crippen molar-refractivity contribution in [3.63, 3.8) is 0 Å². The van der Waals surface area contributed by atoms with Crippen LogP contribution in [0.15, 0.2) is 88.4 Å². The van der Waals surface area contributed by atoms with Gasteiger partial charge in [0.1, 0.15) is 12.4 Å². The number of hydrogen-bond donors (Lipinski definition) is 2. The molecule has 0 amide bonds. The van der Waals surface area contributed by atoms with Crippen molar-refractivity contribution in [3.05, 3.63) is 94.5 Å². The Morgan fingerprint density at radius 1 is 1.00 bits per heavy atom. The van der Waals surface area contributed by atoms with Crippen molar-refractivity contribution in [2.24, 2.45) is 5.10 Å². The minimum atomic E-state index is 0.431. The van der Waals surface area contributed by atoms with Gasteiger partial charge in [-0.3, -0.25) is 5.43 Å². The van der Waals surface area contributed by atoms with Gasteiger partial charge in [0.15, 0.2) is 5.11 Å². The third-order valence-corrected chi connectivity index (χ3v) is 4.31. The van der Waals surface area contributed by atoms with Gasteiger partial charge >= 0.3 is 0 Å². The predicted molar refractivity (Wildman–Crippen MR) is 118 cm³/mol. The van der Waals surface area contributed by atoms with E-state index in [1.54, 1.807) is 6.21 Å². The van der Waals surface area contributed by atoms with Gasteiger partial charge in [-0.1, -0.05) is 58.4 Å². The van der Waals surface area contributed by atoms with Crippen LogP contribution in [0.1, 0.15) is 11.1 Å². The molecule has 27 heavy (non-hydrogen) atoms. The Morgan fingerprint density at radius 2 is 1.78 bits per heavy atom. The number of ether oxygens (including phenoxy) is 1. The number of hydrazone groups is 1. The highest BCUT2D eigenvalue weighted by atomic mass is 79.9. The highest BCUT2D eigenvalue weighted by molar-refractivity contribution is 9.10. The molecule has 136 valence electrons. The van der Waals surface area contributed by atoms with Crippen molar-refractivity contribution in [1.29, 1.82) is 0 Å². The summed E-state index contributed by atoms with van der Waals surface area (Å²) in [5.74, 6) is 0.784. The fraction of sp³-hybridized carbons (Fsp3) is 0.0476. The van der Waals surface area contributed by atoms with Crippen LogP contribution in [0.3, 0.4) is 0 Å². The first-order chi connectivity index (χ1) is 13.2. The highest BCUT2D eigenvalue weighted by Gasteiger charge is 1.98. The number of nitrogens with one attached hydrogen (secondary N) is 2. The van der Waals surface area contributed by atoms with Gasteiger partial charge in [0.2, 0.25) is 0 Å². The largest absolute Gasteiger partial charge is 0.489 e. The molecular formula is C21H18BrN3OS. The molecule has 2 N–H and O–H groups in total. The van der Waals surface area contributed by atoms with Crippen molar-refractivity contribution in [1.82, 2.24) is 5.43 Å². The van der Waals surface area contributed by atoms with Crippen molar-refractivity contribution < 1.29 is 4.74 Å². The Balaban J connectivity index is 1.51. The van der Waals surface area contributed by atoms with Crippen molar-refractivity contribution in [3.8, 4) is 5.75 Å². The molecule has 3 rings (SSSR count). The number of thiocarbonyl (C=S) groups is 1. The first-order valence-electron chi connectivity index (χ1n) is 8.31. The zero-order valence-electron chi connectivity index (χ0n) is 14.4. The molecule has 0 radical (unpaired) electrons. The Bertz CT molecular complexity index is 914. The normalized spacial score (nSPS) is 10.6. The molecular weight excluding hydrogens is 422 g/mol. The lowest BCUT2D eigenvalue weighted by molar-refractivity contribution is 0.306. The molecule has 3 aromatic rings. The van der Waals surface area contributed by atoms with Gasteiger partial charge < -0.3 is 10.1 Å². The molecule has 0 heterocycles. The average Bonchev–Trinajstić information content (AvgIpc) is 2.69. The zero-order chi connectivity index (χ0) is 18.9. The highest BCUT2D eigenvalue weighted by Crippen LogP contribution is 2.16. The smallest absolute Gasteiger partial charge is 0.191 e. The second kappa shape index (κ2) is 9.85. The van der Waals surface area contributed by atoms with Crippen LogP contribution in [0.4, 0.5) is 5.69 Å². The Kier molecular flexibility index (Phi) is 6.96. The van der Waals surface area contributed by atoms with E-state index < -0.39 is 0 Å². The Morgan fingerprint density at radius 3 is 2.56 bits per heavy atom. The summed E-state index contributed by atoms with van der Waals surface area (Å²) in [5, 5.41) is 7.66. The van der Waals surface area contributed by atoms with E-state index in [1.807, 2.05) is 78.9 Å². The minimum absolute atomic E-state index is 0.431. The van der Waals surface area contributed by atoms with E-state index in [9.17, 15) is 0 Å². The second-order valence-electron chi connectivity index (χ2n) is 5.68. The van der Waals surface area contributed by atoms with Gasteiger partial charge in [-0.2, -0.15) is 5.10 Å². The van der Waals surface area contributed by atoms with E-state index >= 15 is 0 Å². The van der Waals surface area contributed by atoms with Gasteiger partial charge in [0, 0.05) is 10.2 Å². The first kappa shape index (κ1) is 19.1. The molecule has 4 nitrogen and oxygen atoms in total. The molecule has 0 spiro atoms. The summed E-state index contributed by atoms with van der Waals surface area (Å²) in [6, 6.07) is 25.5. The number of benzene rings is 3. The molecule has 0 aliphatic heterocycles. The van der Waals surface area contributed by atoms with E-state index in [1.165, 1.54) is 0 Å². The van der Waals surface area contributed by atoms with Gasteiger partial charge in [0.05, 0.1) is 6.21 Å². The van der Waals surface area contributed by atoms with Crippen LogP contribution in [0.25, 0.3) is 0 Å². The molecule has 0 unspecified atom stereocenters. The monoisotopic (exact) mass is 439 g/mol. The maximum absolute atomic E-state index is 5.84. The lowest BCUT2D eigenvalue weighted by Gasteiger charge is -2.08. The fourth-order valence-electron chi connectivity index (χ4n) is 2.28. The molecule has 3 aromatic carbocycles. The molecule has 0 saturated carbocycles.